The molecule has 0 fully saturated rings. The van der Waals surface area contributed by atoms with Crippen LogP contribution >= 0.6 is 0 Å². The Morgan fingerprint density at radius 1 is 0.400 bits per heavy atom. The number of benzene rings is 11. The molecule has 2 aromatic heterocycles. The van der Waals surface area contributed by atoms with Gasteiger partial charge in [-0.3, -0.25) is 0 Å². The van der Waals surface area contributed by atoms with Crippen molar-refractivity contribution in [2.75, 3.05) is 4.90 Å². The smallest absolute Gasteiger partial charge is 0.145 e. The van der Waals surface area contributed by atoms with E-state index in [1.807, 2.05) is 66.7 Å². The zero-order chi connectivity index (χ0) is 62.0. The molecule has 0 unspecified atom stereocenters. The summed E-state index contributed by atoms with van der Waals surface area (Å²) in [6.45, 7) is 0. The standard InChI is InChI=1S/C62H40N2O/c1-3-14-45-38-47(26-24-41(45)12-1)43-28-32-50(33-29-43)63(51-34-30-44(31-35-51)48-27-25-42-13-2-4-15-46(42)39-48)59-37-36-56-55-20-7-10-23-60(55)65-62(56)61(59)49-16-11-17-52(40-49)64-57-21-8-5-18-53(57)54-19-6-9-22-58(54)64/h1-40H/i1D,2D,3D,4D,12D,13D,14D,15D,24D,25D,26D,27D,28D,29D,30D,31D,32D,33D,34D,35D,38D,39D. The molecule has 3 heteroatoms. The number of hydrogen-bond acceptors (Lipinski definition) is 2. The molecule has 0 spiro atoms. The van der Waals surface area contributed by atoms with Crippen molar-refractivity contribution in [2.24, 2.45) is 0 Å². The second-order valence-corrected chi connectivity index (χ2v) is 15.1. The molecule has 11 aromatic carbocycles. The molecule has 2 heterocycles. The van der Waals surface area contributed by atoms with Gasteiger partial charge in [0.25, 0.3) is 0 Å². The van der Waals surface area contributed by atoms with Crippen molar-refractivity contribution < 1.29 is 34.6 Å². The predicted molar refractivity (Wildman–Crippen MR) is 274 cm³/mol. The molecule has 0 amide bonds. The Morgan fingerprint density at radius 2 is 0.923 bits per heavy atom. The topological polar surface area (TPSA) is 21.3 Å². The third kappa shape index (κ3) is 6.20. The average molecular weight is 851 g/mol. The number of fused-ring (bicyclic) bond motifs is 8. The van der Waals surface area contributed by atoms with Gasteiger partial charge in [0, 0.05) is 44.2 Å². The van der Waals surface area contributed by atoms with Gasteiger partial charge < -0.3 is 13.9 Å². The number of rotatable bonds is 7. The molecule has 0 aliphatic rings. The molecule has 0 atom stereocenters. The van der Waals surface area contributed by atoms with Crippen molar-refractivity contribution in [3.63, 3.8) is 0 Å². The summed E-state index contributed by atoms with van der Waals surface area (Å²) >= 11 is 0. The number of nitrogens with zero attached hydrogens (tertiary/aromatic N) is 2. The van der Waals surface area contributed by atoms with E-state index in [0.29, 0.717) is 27.6 Å². The van der Waals surface area contributed by atoms with Crippen LogP contribution in [-0.4, -0.2) is 4.57 Å². The second kappa shape index (κ2) is 15.0. The maximum absolute atomic E-state index is 10.0. The van der Waals surface area contributed by atoms with Crippen LogP contribution in [0.2, 0.25) is 0 Å². The van der Waals surface area contributed by atoms with Crippen LogP contribution in [0, 0.1) is 0 Å². The minimum Gasteiger partial charge on any atom is -0.455 e. The molecule has 0 bridgehead atoms. The summed E-state index contributed by atoms with van der Waals surface area (Å²) in [7, 11) is 0. The van der Waals surface area contributed by atoms with E-state index in [0.717, 1.165) is 26.7 Å². The van der Waals surface area contributed by atoms with Gasteiger partial charge in [0.2, 0.25) is 0 Å². The summed E-state index contributed by atoms with van der Waals surface area (Å²) in [6, 6.07) is 14.6. The van der Waals surface area contributed by atoms with Gasteiger partial charge in [0.1, 0.15) is 11.2 Å². The molecule has 304 valence electrons. The molecule has 13 aromatic rings. The van der Waals surface area contributed by atoms with Gasteiger partial charge in [-0.15, -0.1) is 0 Å². The lowest BCUT2D eigenvalue weighted by Gasteiger charge is -2.28. The van der Waals surface area contributed by atoms with E-state index >= 15 is 0 Å². The zero-order valence-electron chi connectivity index (χ0n) is 55.7. The highest BCUT2D eigenvalue weighted by Gasteiger charge is 2.24. The normalized spacial score (nSPS) is 16.4. The van der Waals surface area contributed by atoms with Gasteiger partial charge in [0.05, 0.1) is 46.9 Å². The van der Waals surface area contributed by atoms with Crippen molar-refractivity contribution in [3.05, 3.63) is 242 Å². The highest BCUT2D eigenvalue weighted by molar-refractivity contribution is 6.14. The monoisotopic (exact) mass is 850 g/mol. The molecule has 0 saturated carbocycles. The van der Waals surface area contributed by atoms with Gasteiger partial charge >= 0.3 is 0 Å². The number of hydrogen-bond donors (Lipinski definition) is 0. The van der Waals surface area contributed by atoms with Gasteiger partial charge in [-0.2, -0.15) is 0 Å². The molecule has 0 saturated heterocycles. The molecule has 0 aliphatic heterocycles. The fraction of sp³-hybridized carbons (Fsp3) is 0. The summed E-state index contributed by atoms with van der Waals surface area (Å²) in [6.07, 6.45) is 0. The van der Waals surface area contributed by atoms with Crippen LogP contribution < -0.4 is 4.90 Å². The van der Waals surface area contributed by atoms with E-state index in [4.69, 9.17) is 18.1 Å². The van der Waals surface area contributed by atoms with Crippen molar-refractivity contribution in [2.45, 2.75) is 0 Å². The quantitative estimate of drug-likeness (QED) is 0.159. The molecule has 0 aliphatic carbocycles. The molecule has 13 rings (SSSR count). The van der Waals surface area contributed by atoms with Gasteiger partial charge in [0.15, 0.2) is 0 Å². The predicted octanol–water partition coefficient (Wildman–Crippen LogP) is 17.5. The number of para-hydroxylation sites is 3. The first-order chi connectivity index (χ1) is 41.4. The average Bonchev–Trinajstić information content (AvgIpc) is 1.10. The van der Waals surface area contributed by atoms with Crippen LogP contribution in [0.4, 0.5) is 17.1 Å². The Labute approximate surface area is 407 Å². The van der Waals surface area contributed by atoms with E-state index in [1.165, 1.54) is 6.07 Å². The van der Waals surface area contributed by atoms with E-state index < -0.39 is 188 Å². The fourth-order valence-electron chi connectivity index (χ4n) is 8.50. The van der Waals surface area contributed by atoms with Crippen LogP contribution in [-0.2, 0) is 0 Å². The minimum atomic E-state index is -0.953. The third-order valence-corrected chi connectivity index (χ3v) is 11.4. The maximum atomic E-state index is 10.0. The first-order valence-corrected chi connectivity index (χ1v) is 20.5. The van der Waals surface area contributed by atoms with Gasteiger partial charge in [-0.05, 0) is 128 Å². The number of furan rings is 1. The lowest BCUT2D eigenvalue weighted by molar-refractivity contribution is 0.670. The highest BCUT2D eigenvalue weighted by Crippen LogP contribution is 2.48. The molecular formula is C62H40N2O. The van der Waals surface area contributed by atoms with Crippen LogP contribution in [0.3, 0.4) is 0 Å². The van der Waals surface area contributed by atoms with Gasteiger partial charge in [-0.25, -0.2) is 0 Å². The third-order valence-electron chi connectivity index (χ3n) is 11.4. The number of anilines is 3. The van der Waals surface area contributed by atoms with Crippen LogP contribution in [0.15, 0.2) is 247 Å². The Hall–Kier alpha value is -8.66. The summed E-state index contributed by atoms with van der Waals surface area (Å²) in [4.78, 5) is 0.996. The van der Waals surface area contributed by atoms with E-state index in [9.17, 15) is 16.4 Å². The van der Waals surface area contributed by atoms with Crippen molar-refractivity contribution in [1.29, 1.82) is 0 Å². The number of aromatic nitrogens is 1. The first kappa shape index (κ1) is 21.1. The second-order valence-electron chi connectivity index (χ2n) is 15.1. The van der Waals surface area contributed by atoms with E-state index in [1.54, 1.807) is 36.4 Å². The lowest BCUT2D eigenvalue weighted by atomic mass is 9.97. The first-order valence-electron chi connectivity index (χ1n) is 31.5. The van der Waals surface area contributed by atoms with Crippen molar-refractivity contribution >= 4 is 82.4 Å². The summed E-state index contributed by atoms with van der Waals surface area (Å²) < 4.78 is 211. The minimum absolute atomic E-state index is 0.113. The SMILES string of the molecule is [2H]c1c([2H])c(N(c2ccc3c(oc4ccccc43)c2-c2cccc(-n3c4ccccc4c4ccccc43)c2)c2c([2H])c([2H])c(-c3c([2H])c([2H])c4c([2H])c([2H])c([2H])c([2H])c4c3[2H])c([2H])c2[2H])c([2H])c([2H])c1-c1c([2H])c([2H])c2c([2H])c([2H])c([2H])c([2H])c2c1[2H]. The van der Waals surface area contributed by atoms with Crippen molar-refractivity contribution in [1.82, 2.24) is 4.57 Å². The summed E-state index contributed by atoms with van der Waals surface area (Å²) in [5, 5.41) is 1.07. The fourth-order valence-corrected chi connectivity index (χ4v) is 8.50. The Kier molecular flexibility index (Phi) is 4.88. The van der Waals surface area contributed by atoms with E-state index in [-0.39, 0.29) is 16.8 Å². The lowest BCUT2D eigenvalue weighted by Crippen LogP contribution is -2.11. The van der Waals surface area contributed by atoms with Crippen molar-refractivity contribution in [3.8, 4) is 39.1 Å². The summed E-state index contributed by atoms with van der Waals surface area (Å²) in [5.74, 6) is 0. The van der Waals surface area contributed by atoms with Crippen LogP contribution in [0.5, 0.6) is 0 Å². The maximum Gasteiger partial charge on any atom is 0.145 e. The summed E-state index contributed by atoms with van der Waals surface area (Å²) in [5.41, 5.74) is -0.883. The Bertz CT molecular complexity index is 4990. The molecule has 65 heavy (non-hydrogen) atoms. The van der Waals surface area contributed by atoms with Crippen LogP contribution in [0.25, 0.3) is 104 Å². The molecule has 0 radical (unpaired) electrons. The largest absolute Gasteiger partial charge is 0.455 e. The molecular weight excluding hydrogens is 789 g/mol. The molecule has 3 nitrogen and oxygen atoms in total. The van der Waals surface area contributed by atoms with Gasteiger partial charge in [-0.1, -0.05) is 163 Å². The Morgan fingerprint density at radius 3 is 1.52 bits per heavy atom. The van der Waals surface area contributed by atoms with E-state index in [2.05, 4.69) is 4.57 Å². The molecule has 0 N–H and O–H groups in total. The Balaban J connectivity index is 1.16. The van der Waals surface area contributed by atoms with Crippen LogP contribution in [0.1, 0.15) is 30.2 Å². The highest BCUT2D eigenvalue weighted by atomic mass is 16.3. The zero-order valence-corrected chi connectivity index (χ0v) is 33.7.